The van der Waals surface area contributed by atoms with E-state index in [-0.39, 0.29) is 5.97 Å². The van der Waals surface area contributed by atoms with Crippen LogP contribution in [-0.2, 0) is 21.9 Å². The average Bonchev–Trinajstić information content (AvgIpc) is 2.32. The number of carbonyl (C=O) groups is 1. The third kappa shape index (κ3) is 4.86. The number of hydrogen-bond acceptors (Lipinski definition) is 5. The Kier molecular flexibility index (Phi) is 8.09. The van der Waals surface area contributed by atoms with Gasteiger partial charge in [-0.1, -0.05) is 6.92 Å². The van der Waals surface area contributed by atoms with Gasteiger partial charge in [0, 0.05) is 5.57 Å². The Morgan fingerprint density at radius 2 is 1.75 bits per heavy atom. The molecule has 0 aliphatic heterocycles. The summed E-state index contributed by atoms with van der Waals surface area (Å²) in [7, 11) is -1.07. The van der Waals surface area contributed by atoms with Gasteiger partial charge in [-0.05, 0) is 19.0 Å². The van der Waals surface area contributed by atoms with E-state index in [1.165, 1.54) is 0 Å². The monoisotopic (exact) mass is 296 g/mol. The predicted molar refractivity (Wildman–Crippen MR) is 73.8 cm³/mol. The quantitative estimate of drug-likeness (QED) is 0.290. The van der Waals surface area contributed by atoms with Gasteiger partial charge in [-0.2, -0.15) is 0 Å². The summed E-state index contributed by atoms with van der Waals surface area (Å²) in [6, 6.07) is 0. The predicted octanol–water partition coefficient (Wildman–Crippen LogP) is -2.75. The van der Waals surface area contributed by atoms with E-state index in [4.69, 9.17) is 17.1 Å². The van der Waals surface area contributed by atoms with Crippen LogP contribution < -0.4 is 0 Å². The summed E-state index contributed by atoms with van der Waals surface area (Å²) < 4.78 is 21.2. The highest BCUT2D eigenvalue weighted by molar-refractivity contribution is 6.74. The molecule has 0 aromatic carbocycles. The molecule has 0 bridgehead atoms. The van der Waals surface area contributed by atoms with Gasteiger partial charge in [-0.3, -0.25) is 0 Å². The van der Waals surface area contributed by atoms with E-state index in [2.05, 4.69) is 0 Å². The van der Waals surface area contributed by atoms with Crippen molar-refractivity contribution in [2.45, 2.75) is 20.3 Å². The molecule has 0 aliphatic rings. The molecular formula is C7H20O5Si4. The van der Waals surface area contributed by atoms with Crippen LogP contribution in [0.2, 0.25) is 0 Å². The van der Waals surface area contributed by atoms with Crippen LogP contribution >= 0.6 is 0 Å². The minimum absolute atomic E-state index is 0.324. The maximum atomic E-state index is 11.5. The number of hydrogen-bond donors (Lipinski definition) is 0. The fourth-order valence-corrected chi connectivity index (χ4v) is 9.62. The van der Waals surface area contributed by atoms with Gasteiger partial charge < -0.3 is 17.1 Å². The van der Waals surface area contributed by atoms with Crippen LogP contribution in [-0.4, -0.2) is 52.8 Å². The first-order valence-electron chi connectivity index (χ1n) is 5.07. The Balaban J connectivity index is 4.65. The Morgan fingerprint density at radius 1 is 1.25 bits per heavy atom. The van der Waals surface area contributed by atoms with E-state index in [1.54, 1.807) is 12.6 Å². The first-order chi connectivity index (χ1) is 7.55. The van der Waals surface area contributed by atoms with Gasteiger partial charge in [0.25, 0.3) is 0 Å². The molecule has 9 heteroatoms. The number of ether oxygens (including phenoxy) is 1. The lowest BCUT2D eigenvalue weighted by Crippen LogP contribution is -2.43. The molecule has 0 aliphatic carbocycles. The minimum Gasteiger partial charge on any atom is -0.462 e. The smallest absolute Gasteiger partial charge is 0.462 e. The summed E-state index contributed by atoms with van der Waals surface area (Å²) in [6.07, 6.45) is 0.813. The number of rotatable bonds is 7. The molecule has 0 rings (SSSR count). The molecule has 0 saturated carbocycles. The fraction of sp³-hybridized carbons (Fsp3) is 0.571. The summed E-state index contributed by atoms with van der Waals surface area (Å²) in [6.45, 7) is 4.08. The van der Waals surface area contributed by atoms with E-state index in [0.29, 0.717) is 43.6 Å². The van der Waals surface area contributed by atoms with Crippen molar-refractivity contribution in [3.8, 4) is 0 Å². The molecule has 0 aromatic heterocycles. The van der Waals surface area contributed by atoms with Crippen LogP contribution in [0, 0.1) is 0 Å². The zero-order valence-electron chi connectivity index (χ0n) is 10.5. The number of esters is 1. The largest absolute Gasteiger partial charge is 0.496 e. The van der Waals surface area contributed by atoms with Crippen LogP contribution in [0.1, 0.15) is 20.3 Å². The highest BCUT2D eigenvalue weighted by atomic mass is 28.5. The molecule has 5 nitrogen and oxygen atoms in total. The number of carbonyl (C=O) groups excluding carboxylic acids is 1. The van der Waals surface area contributed by atoms with Crippen LogP contribution in [0.15, 0.2) is 11.3 Å². The summed E-state index contributed by atoms with van der Waals surface area (Å²) in [5.41, 5.74) is 2.18. The van der Waals surface area contributed by atoms with Gasteiger partial charge in [0.15, 0.2) is 0 Å². The molecule has 0 spiro atoms. The van der Waals surface area contributed by atoms with Crippen molar-refractivity contribution in [1.82, 2.24) is 0 Å². The minimum atomic E-state index is -2.66. The Morgan fingerprint density at radius 3 is 2.12 bits per heavy atom. The fourth-order valence-electron chi connectivity index (χ4n) is 1.06. The third-order valence-electron chi connectivity index (χ3n) is 2.01. The molecule has 0 aromatic rings. The third-order valence-corrected chi connectivity index (χ3v) is 9.62. The second-order valence-corrected chi connectivity index (χ2v) is 9.57. The summed E-state index contributed by atoms with van der Waals surface area (Å²) in [5.74, 6) is -0.324. The van der Waals surface area contributed by atoms with Gasteiger partial charge in [0.2, 0.25) is 0 Å². The molecule has 0 radical (unpaired) electrons. The molecule has 0 fully saturated rings. The van der Waals surface area contributed by atoms with E-state index in [9.17, 15) is 4.79 Å². The zero-order valence-corrected chi connectivity index (χ0v) is 17.5. The van der Waals surface area contributed by atoms with Crippen molar-refractivity contribution in [2.75, 3.05) is 6.61 Å². The summed E-state index contributed by atoms with van der Waals surface area (Å²) in [4.78, 5) is 11.5. The van der Waals surface area contributed by atoms with Crippen LogP contribution in [0.5, 0.6) is 0 Å². The van der Waals surface area contributed by atoms with E-state index >= 15 is 0 Å². The van der Waals surface area contributed by atoms with Crippen LogP contribution in [0.3, 0.4) is 0 Å². The normalized spacial score (nSPS) is 16.2. The van der Waals surface area contributed by atoms with Crippen LogP contribution in [0.25, 0.3) is 0 Å². The maximum Gasteiger partial charge on any atom is 0.496 e. The Labute approximate surface area is 106 Å². The molecule has 0 heterocycles. The summed E-state index contributed by atoms with van der Waals surface area (Å²) in [5, 5.41) is 0. The standard InChI is InChI=1S/C7H20O5Si4/c1-3-4-9-7(8)6(2)5-16(10-13,11-14)12-15/h5H,3-4H2,1-2,13-15H3. The van der Waals surface area contributed by atoms with Crippen molar-refractivity contribution < 1.29 is 21.9 Å². The van der Waals surface area contributed by atoms with E-state index in [0.717, 1.165) is 6.42 Å². The highest BCUT2D eigenvalue weighted by Crippen LogP contribution is 2.11. The average molecular weight is 297 g/mol. The van der Waals surface area contributed by atoms with E-state index < -0.39 is 8.80 Å². The van der Waals surface area contributed by atoms with Crippen molar-refractivity contribution in [2.24, 2.45) is 0 Å². The second kappa shape index (κ2) is 8.11. The van der Waals surface area contributed by atoms with Crippen LogP contribution in [0.4, 0.5) is 0 Å². The maximum absolute atomic E-state index is 11.5. The molecule has 94 valence electrons. The van der Waals surface area contributed by atoms with Gasteiger partial charge in [-0.15, -0.1) is 0 Å². The molecule has 0 N–H and O–H groups in total. The van der Waals surface area contributed by atoms with Gasteiger partial charge >= 0.3 is 14.8 Å². The lowest BCUT2D eigenvalue weighted by atomic mass is 10.4. The topological polar surface area (TPSA) is 54.0 Å². The molecule has 0 saturated heterocycles. The molecule has 0 unspecified atom stereocenters. The lowest BCUT2D eigenvalue weighted by molar-refractivity contribution is -0.138. The molecular weight excluding hydrogens is 276 g/mol. The van der Waals surface area contributed by atoms with Crippen molar-refractivity contribution in [1.29, 1.82) is 0 Å². The summed E-state index contributed by atoms with van der Waals surface area (Å²) >= 11 is 0. The SMILES string of the molecule is CCCOC(=O)C(C)=C[Si](O[SiH3])(O[SiH3])O[SiH3]. The lowest BCUT2D eigenvalue weighted by Gasteiger charge is -2.23. The highest BCUT2D eigenvalue weighted by Gasteiger charge is 2.34. The Hall–Kier alpha value is -0.0425. The Bertz CT molecular complexity index is 245. The van der Waals surface area contributed by atoms with Crippen molar-refractivity contribution in [3.63, 3.8) is 0 Å². The van der Waals surface area contributed by atoms with Gasteiger partial charge in [0.1, 0.15) is 31.5 Å². The second-order valence-electron chi connectivity index (χ2n) is 3.18. The van der Waals surface area contributed by atoms with Crippen molar-refractivity contribution >= 4 is 46.2 Å². The van der Waals surface area contributed by atoms with Gasteiger partial charge in [-0.25, -0.2) is 4.79 Å². The van der Waals surface area contributed by atoms with Crippen molar-refractivity contribution in [3.05, 3.63) is 11.3 Å². The molecule has 0 atom stereocenters. The molecule has 0 amide bonds. The zero-order chi connectivity index (χ0) is 12.6. The first kappa shape index (κ1) is 16.0. The van der Waals surface area contributed by atoms with Gasteiger partial charge in [0.05, 0.1) is 6.61 Å². The van der Waals surface area contributed by atoms with E-state index in [1.807, 2.05) is 6.92 Å². The first-order valence-corrected chi connectivity index (χ1v) is 9.32. The molecule has 16 heavy (non-hydrogen) atoms.